The topological polar surface area (TPSA) is 93.9 Å². The van der Waals surface area contributed by atoms with Crippen molar-refractivity contribution >= 4 is 11.8 Å². The van der Waals surface area contributed by atoms with Crippen molar-refractivity contribution in [2.45, 2.75) is 32.4 Å². The van der Waals surface area contributed by atoms with Crippen molar-refractivity contribution in [1.29, 1.82) is 0 Å². The molecule has 4 N–H and O–H groups in total. The first-order valence-electron chi connectivity index (χ1n) is 7.64. The first kappa shape index (κ1) is 16.6. The van der Waals surface area contributed by atoms with Gasteiger partial charge in [-0.15, -0.1) is 0 Å². The lowest BCUT2D eigenvalue weighted by Gasteiger charge is -2.00. The summed E-state index contributed by atoms with van der Waals surface area (Å²) in [5.41, 5.74) is 11.6. The van der Waals surface area contributed by atoms with Crippen molar-refractivity contribution in [2.75, 3.05) is 0 Å². The van der Waals surface area contributed by atoms with Gasteiger partial charge in [-0.25, -0.2) is 9.13 Å². The van der Waals surface area contributed by atoms with Gasteiger partial charge in [-0.05, 0) is 18.6 Å². The predicted octanol–water partition coefficient (Wildman–Crippen LogP) is 0.330. The number of nitrogens with zero attached hydrogens (tertiary/aromatic N) is 2. The van der Waals surface area contributed by atoms with E-state index >= 15 is 0 Å². The van der Waals surface area contributed by atoms with Gasteiger partial charge in [0.2, 0.25) is 0 Å². The monoisotopic (exact) mass is 314 g/mol. The number of rotatable bonds is 8. The maximum absolute atomic E-state index is 11.1. The Labute approximate surface area is 135 Å². The smallest absolute Gasteiger partial charge is 0.254 e. The SMILES string of the molecule is NC(=O)c1ccc[n+](CCCCC[n+]2cccc(C(N)=O)c2)c1. The van der Waals surface area contributed by atoms with E-state index in [0.717, 1.165) is 32.4 Å². The lowest BCUT2D eigenvalue weighted by Crippen LogP contribution is -2.35. The van der Waals surface area contributed by atoms with E-state index in [1.807, 2.05) is 33.7 Å². The molecule has 2 rings (SSSR count). The first-order valence-corrected chi connectivity index (χ1v) is 7.64. The molecule has 2 aromatic heterocycles. The fraction of sp³-hybridized carbons (Fsp3) is 0.294. The molecule has 6 heteroatoms. The zero-order valence-electron chi connectivity index (χ0n) is 13.0. The number of aromatic nitrogens is 2. The summed E-state index contributed by atoms with van der Waals surface area (Å²) >= 11 is 0. The van der Waals surface area contributed by atoms with E-state index in [-0.39, 0.29) is 0 Å². The van der Waals surface area contributed by atoms with E-state index in [2.05, 4.69) is 0 Å². The van der Waals surface area contributed by atoms with Crippen LogP contribution in [0.15, 0.2) is 49.1 Å². The van der Waals surface area contributed by atoms with Crippen molar-refractivity contribution < 1.29 is 18.7 Å². The molecule has 2 aromatic rings. The van der Waals surface area contributed by atoms with E-state index in [0.29, 0.717) is 11.1 Å². The molecule has 0 aliphatic carbocycles. The highest BCUT2D eigenvalue weighted by molar-refractivity contribution is 5.92. The summed E-state index contributed by atoms with van der Waals surface area (Å²) < 4.78 is 3.95. The number of unbranched alkanes of at least 4 members (excludes halogenated alkanes) is 2. The normalized spacial score (nSPS) is 10.4. The number of carbonyl (C=O) groups is 2. The van der Waals surface area contributed by atoms with Crippen LogP contribution < -0.4 is 20.6 Å². The third kappa shape index (κ3) is 5.18. The van der Waals surface area contributed by atoms with E-state index < -0.39 is 11.8 Å². The summed E-state index contributed by atoms with van der Waals surface area (Å²) in [6.07, 6.45) is 10.4. The molecule has 0 spiro atoms. The van der Waals surface area contributed by atoms with Gasteiger partial charge in [0.25, 0.3) is 11.8 Å². The third-order valence-electron chi connectivity index (χ3n) is 3.62. The fourth-order valence-electron chi connectivity index (χ4n) is 2.38. The third-order valence-corrected chi connectivity index (χ3v) is 3.62. The van der Waals surface area contributed by atoms with Crippen LogP contribution in [-0.4, -0.2) is 11.8 Å². The number of pyridine rings is 2. The average molecular weight is 314 g/mol. The van der Waals surface area contributed by atoms with E-state index in [1.54, 1.807) is 24.5 Å². The number of carbonyl (C=O) groups excluding carboxylic acids is 2. The van der Waals surface area contributed by atoms with E-state index in [4.69, 9.17) is 11.5 Å². The molecule has 0 atom stereocenters. The molecule has 0 saturated carbocycles. The summed E-state index contributed by atoms with van der Waals surface area (Å²) in [4.78, 5) is 22.3. The van der Waals surface area contributed by atoms with Crippen LogP contribution in [0.2, 0.25) is 0 Å². The number of hydrogen-bond donors (Lipinski definition) is 2. The Hall–Kier alpha value is -2.76. The molecule has 120 valence electrons. The second kappa shape index (κ2) is 8.03. The van der Waals surface area contributed by atoms with Crippen LogP contribution >= 0.6 is 0 Å². The van der Waals surface area contributed by atoms with E-state index in [1.165, 1.54) is 0 Å². The van der Waals surface area contributed by atoms with Crippen molar-refractivity contribution in [2.24, 2.45) is 11.5 Å². The number of primary amides is 2. The molecule has 0 bridgehead atoms. The molecule has 0 saturated heterocycles. The van der Waals surface area contributed by atoms with Gasteiger partial charge in [0, 0.05) is 25.0 Å². The Morgan fingerprint density at radius 2 is 1.22 bits per heavy atom. The van der Waals surface area contributed by atoms with Crippen LogP contribution in [0, 0.1) is 0 Å². The summed E-state index contributed by atoms with van der Waals surface area (Å²) in [5, 5.41) is 0. The van der Waals surface area contributed by atoms with Gasteiger partial charge in [0.15, 0.2) is 24.8 Å². The summed E-state index contributed by atoms with van der Waals surface area (Å²) in [5.74, 6) is -0.824. The van der Waals surface area contributed by atoms with Crippen LogP contribution in [0.25, 0.3) is 0 Å². The number of nitrogens with two attached hydrogens (primary N) is 2. The van der Waals surface area contributed by atoms with E-state index in [9.17, 15) is 9.59 Å². The molecular formula is C17H22N4O2+2. The second-order valence-corrected chi connectivity index (χ2v) is 5.45. The molecule has 6 nitrogen and oxygen atoms in total. The molecule has 0 unspecified atom stereocenters. The Balaban J connectivity index is 1.76. The summed E-state index contributed by atoms with van der Waals surface area (Å²) in [7, 11) is 0. The second-order valence-electron chi connectivity index (χ2n) is 5.45. The number of aryl methyl sites for hydroxylation is 2. The van der Waals surface area contributed by atoms with Gasteiger partial charge in [0.05, 0.1) is 0 Å². The van der Waals surface area contributed by atoms with Gasteiger partial charge < -0.3 is 11.5 Å². The van der Waals surface area contributed by atoms with Crippen molar-refractivity contribution in [3.8, 4) is 0 Å². The van der Waals surface area contributed by atoms with Crippen LogP contribution in [0.3, 0.4) is 0 Å². The highest BCUT2D eigenvalue weighted by Crippen LogP contribution is 1.98. The predicted molar refractivity (Wildman–Crippen MR) is 84.2 cm³/mol. The van der Waals surface area contributed by atoms with Crippen molar-refractivity contribution in [1.82, 2.24) is 0 Å². The zero-order valence-corrected chi connectivity index (χ0v) is 13.0. The van der Waals surface area contributed by atoms with Crippen LogP contribution in [-0.2, 0) is 13.1 Å². The minimum Gasteiger partial charge on any atom is -0.365 e. The number of hydrogen-bond acceptors (Lipinski definition) is 2. The minimum atomic E-state index is -0.412. The van der Waals surface area contributed by atoms with Gasteiger partial charge in [0.1, 0.15) is 24.2 Å². The molecule has 0 radical (unpaired) electrons. The van der Waals surface area contributed by atoms with Crippen molar-refractivity contribution in [3.05, 3.63) is 60.2 Å². The molecule has 23 heavy (non-hydrogen) atoms. The standard InChI is InChI=1S/C17H20N4O2/c18-16(22)14-6-4-10-20(12-14)8-2-1-3-9-21-11-5-7-15(13-21)17(19)23/h4-7,10-13H,1-3,8-9H2,(H2-2,18,19,22,23)/p+2. The van der Waals surface area contributed by atoms with Gasteiger partial charge in [-0.3, -0.25) is 9.59 Å². The molecule has 2 amide bonds. The number of amides is 2. The molecule has 0 aromatic carbocycles. The quantitative estimate of drug-likeness (QED) is 0.543. The highest BCUT2D eigenvalue weighted by atomic mass is 16.1. The summed E-state index contributed by atoms with van der Waals surface area (Å²) in [6.45, 7) is 1.68. The maximum atomic E-state index is 11.1. The maximum Gasteiger partial charge on any atom is 0.254 e. The lowest BCUT2D eigenvalue weighted by molar-refractivity contribution is -0.701. The van der Waals surface area contributed by atoms with Crippen LogP contribution in [0.1, 0.15) is 40.0 Å². The van der Waals surface area contributed by atoms with Crippen LogP contribution in [0.5, 0.6) is 0 Å². The van der Waals surface area contributed by atoms with Gasteiger partial charge in [-0.1, -0.05) is 0 Å². The Morgan fingerprint density at radius 1 is 0.783 bits per heavy atom. The Bertz CT molecular complexity index is 641. The Morgan fingerprint density at radius 3 is 1.61 bits per heavy atom. The summed E-state index contributed by atoms with van der Waals surface area (Å²) in [6, 6.07) is 7.07. The van der Waals surface area contributed by atoms with Crippen LogP contribution in [0.4, 0.5) is 0 Å². The molecule has 2 heterocycles. The minimum absolute atomic E-state index is 0.412. The molecule has 0 aliphatic heterocycles. The zero-order chi connectivity index (χ0) is 16.7. The molecular weight excluding hydrogens is 292 g/mol. The first-order chi connectivity index (χ1) is 11.1. The lowest BCUT2D eigenvalue weighted by atomic mass is 10.2. The largest absolute Gasteiger partial charge is 0.365 e. The molecule has 0 aliphatic rings. The fourth-order valence-corrected chi connectivity index (χ4v) is 2.38. The molecule has 0 fully saturated rings. The average Bonchev–Trinajstić information content (AvgIpc) is 2.55. The van der Waals surface area contributed by atoms with Gasteiger partial charge >= 0.3 is 0 Å². The van der Waals surface area contributed by atoms with Gasteiger partial charge in [-0.2, -0.15) is 0 Å². The van der Waals surface area contributed by atoms with Crippen molar-refractivity contribution in [3.63, 3.8) is 0 Å². The Kier molecular flexibility index (Phi) is 5.80. The highest BCUT2D eigenvalue weighted by Gasteiger charge is 2.08.